The maximum absolute atomic E-state index is 12.2. The number of esters is 2. The van der Waals surface area contributed by atoms with Crippen molar-refractivity contribution in [1.29, 1.82) is 0 Å². The summed E-state index contributed by atoms with van der Waals surface area (Å²) < 4.78 is 11.1. The van der Waals surface area contributed by atoms with E-state index in [2.05, 4.69) is 40.7 Å². The maximum atomic E-state index is 12.2. The number of ether oxygens (including phenoxy) is 2. The van der Waals surface area contributed by atoms with E-state index >= 15 is 0 Å². The Morgan fingerprint density at radius 3 is 1.88 bits per heavy atom. The number of carbonyl (C=O) groups is 2. The Hall–Kier alpha value is -2.62. The Kier molecular flexibility index (Phi) is 7.43. The molecule has 0 fully saturated rings. The Bertz CT molecular complexity index is 958. The van der Waals surface area contributed by atoms with Gasteiger partial charge >= 0.3 is 11.9 Å². The van der Waals surface area contributed by atoms with Gasteiger partial charge in [0, 0.05) is 18.3 Å². The molecule has 0 heterocycles. The van der Waals surface area contributed by atoms with E-state index in [0.717, 1.165) is 37.7 Å². The second-order valence-electron chi connectivity index (χ2n) is 9.78. The average molecular weight is 437 g/mol. The fourth-order valence-corrected chi connectivity index (χ4v) is 4.86. The van der Waals surface area contributed by atoms with Crippen LogP contribution in [0.25, 0.3) is 0 Å². The van der Waals surface area contributed by atoms with Gasteiger partial charge in [0.1, 0.15) is 11.5 Å². The minimum absolute atomic E-state index is 0.000122. The second kappa shape index (κ2) is 9.89. The van der Waals surface area contributed by atoms with Crippen LogP contribution in [0.15, 0.2) is 42.5 Å². The molecule has 0 saturated heterocycles. The SMILES string of the molecule is CCCCC(=O)Oc1ccc([C@@]2(C)CC(C)(C)c3ccc(OC(=O)CCCC)cc32)cc1. The maximum Gasteiger partial charge on any atom is 0.311 e. The minimum Gasteiger partial charge on any atom is -0.427 e. The zero-order chi connectivity index (χ0) is 23.4. The molecule has 0 bridgehead atoms. The number of hydrogen-bond donors (Lipinski definition) is 0. The summed E-state index contributed by atoms with van der Waals surface area (Å²) in [7, 11) is 0. The molecule has 0 amide bonds. The number of hydrogen-bond acceptors (Lipinski definition) is 4. The normalized spacial score (nSPS) is 18.8. The molecule has 0 aromatic heterocycles. The van der Waals surface area contributed by atoms with Crippen LogP contribution in [0, 0.1) is 0 Å². The van der Waals surface area contributed by atoms with E-state index in [-0.39, 0.29) is 22.8 Å². The topological polar surface area (TPSA) is 52.6 Å². The summed E-state index contributed by atoms with van der Waals surface area (Å²) in [6, 6.07) is 13.9. The third kappa shape index (κ3) is 5.23. The molecule has 172 valence electrons. The number of unbranched alkanes of at least 4 members (excludes halogenated alkanes) is 2. The van der Waals surface area contributed by atoms with Gasteiger partial charge in [-0.15, -0.1) is 0 Å². The van der Waals surface area contributed by atoms with Gasteiger partial charge in [-0.3, -0.25) is 9.59 Å². The van der Waals surface area contributed by atoms with Crippen molar-refractivity contribution >= 4 is 11.9 Å². The Balaban J connectivity index is 1.85. The molecule has 32 heavy (non-hydrogen) atoms. The highest BCUT2D eigenvalue weighted by Gasteiger charge is 2.46. The van der Waals surface area contributed by atoms with Crippen LogP contribution >= 0.6 is 0 Å². The highest BCUT2D eigenvalue weighted by Crippen LogP contribution is 2.53. The van der Waals surface area contributed by atoms with Crippen LogP contribution in [0.2, 0.25) is 0 Å². The molecule has 4 heteroatoms. The van der Waals surface area contributed by atoms with Crippen molar-refractivity contribution < 1.29 is 19.1 Å². The van der Waals surface area contributed by atoms with Crippen LogP contribution in [0.5, 0.6) is 11.5 Å². The van der Waals surface area contributed by atoms with Gasteiger partial charge in [0.15, 0.2) is 0 Å². The van der Waals surface area contributed by atoms with Gasteiger partial charge in [-0.25, -0.2) is 0 Å². The van der Waals surface area contributed by atoms with Crippen molar-refractivity contribution in [2.45, 2.75) is 90.4 Å². The summed E-state index contributed by atoms with van der Waals surface area (Å²) in [4.78, 5) is 24.1. The van der Waals surface area contributed by atoms with Gasteiger partial charge in [-0.1, -0.05) is 65.7 Å². The molecule has 2 aromatic rings. The van der Waals surface area contributed by atoms with Crippen LogP contribution in [-0.2, 0) is 20.4 Å². The van der Waals surface area contributed by atoms with Crippen LogP contribution < -0.4 is 9.47 Å². The van der Waals surface area contributed by atoms with E-state index in [4.69, 9.17) is 9.47 Å². The molecule has 0 spiro atoms. The van der Waals surface area contributed by atoms with Crippen molar-refractivity contribution in [1.82, 2.24) is 0 Å². The van der Waals surface area contributed by atoms with Gasteiger partial charge < -0.3 is 9.47 Å². The van der Waals surface area contributed by atoms with Crippen LogP contribution in [0.4, 0.5) is 0 Å². The number of rotatable bonds is 9. The molecule has 1 aliphatic rings. The van der Waals surface area contributed by atoms with Gasteiger partial charge in [-0.05, 0) is 65.6 Å². The molecular weight excluding hydrogens is 400 g/mol. The van der Waals surface area contributed by atoms with E-state index in [0.29, 0.717) is 24.3 Å². The third-order valence-corrected chi connectivity index (χ3v) is 6.53. The molecule has 2 aromatic carbocycles. The first-order valence-corrected chi connectivity index (χ1v) is 11.9. The van der Waals surface area contributed by atoms with Crippen molar-refractivity contribution in [3.63, 3.8) is 0 Å². The standard InChI is InChI=1S/C28H36O4/c1-6-8-10-25(29)31-21-14-12-20(13-15-21)28(5)19-27(3,4)23-17-16-22(18-24(23)28)32-26(30)11-9-7-2/h12-18H,6-11,19H2,1-5H3/t28-/m1/s1. The van der Waals surface area contributed by atoms with Gasteiger partial charge in [-0.2, -0.15) is 0 Å². The fraction of sp³-hybridized carbons (Fsp3) is 0.500. The molecule has 3 rings (SSSR count). The van der Waals surface area contributed by atoms with E-state index in [1.807, 2.05) is 36.4 Å². The lowest BCUT2D eigenvalue weighted by Crippen LogP contribution is -2.23. The summed E-state index contributed by atoms with van der Waals surface area (Å²) in [5.74, 6) is 0.817. The molecule has 1 atom stereocenters. The average Bonchev–Trinajstić information content (AvgIpc) is 2.97. The van der Waals surface area contributed by atoms with Crippen LogP contribution in [0.3, 0.4) is 0 Å². The summed E-state index contributed by atoms with van der Waals surface area (Å²) in [5.41, 5.74) is 3.40. The first-order valence-electron chi connectivity index (χ1n) is 11.9. The molecule has 1 aliphatic carbocycles. The predicted molar refractivity (Wildman–Crippen MR) is 127 cm³/mol. The molecule has 0 saturated carbocycles. The van der Waals surface area contributed by atoms with Crippen LogP contribution in [0.1, 0.15) is 96.3 Å². The van der Waals surface area contributed by atoms with Gasteiger partial charge in [0.2, 0.25) is 0 Å². The lowest BCUT2D eigenvalue weighted by Gasteiger charge is -2.28. The zero-order valence-corrected chi connectivity index (χ0v) is 20.1. The Morgan fingerprint density at radius 1 is 0.781 bits per heavy atom. The van der Waals surface area contributed by atoms with Crippen molar-refractivity contribution in [2.24, 2.45) is 0 Å². The monoisotopic (exact) mass is 436 g/mol. The molecule has 0 N–H and O–H groups in total. The Morgan fingerprint density at radius 2 is 1.31 bits per heavy atom. The smallest absolute Gasteiger partial charge is 0.311 e. The lowest BCUT2D eigenvalue weighted by atomic mass is 9.75. The van der Waals surface area contributed by atoms with Crippen molar-refractivity contribution in [3.05, 3.63) is 59.2 Å². The van der Waals surface area contributed by atoms with Crippen molar-refractivity contribution in [2.75, 3.05) is 0 Å². The van der Waals surface area contributed by atoms with E-state index in [9.17, 15) is 9.59 Å². The highest BCUT2D eigenvalue weighted by molar-refractivity contribution is 5.73. The molecule has 0 unspecified atom stereocenters. The number of fused-ring (bicyclic) bond motifs is 1. The highest BCUT2D eigenvalue weighted by atomic mass is 16.5. The first kappa shape index (κ1) is 24.0. The number of benzene rings is 2. The Labute approximate surface area is 192 Å². The molecular formula is C28H36O4. The third-order valence-electron chi connectivity index (χ3n) is 6.53. The molecule has 4 nitrogen and oxygen atoms in total. The van der Waals surface area contributed by atoms with Gasteiger partial charge in [0.05, 0.1) is 0 Å². The summed E-state index contributed by atoms with van der Waals surface area (Å²) in [6.45, 7) is 10.9. The summed E-state index contributed by atoms with van der Waals surface area (Å²) >= 11 is 0. The van der Waals surface area contributed by atoms with E-state index < -0.39 is 0 Å². The zero-order valence-electron chi connectivity index (χ0n) is 20.1. The van der Waals surface area contributed by atoms with Crippen LogP contribution in [-0.4, -0.2) is 11.9 Å². The first-order chi connectivity index (χ1) is 15.2. The fourth-order valence-electron chi connectivity index (χ4n) is 4.86. The molecule has 0 aliphatic heterocycles. The quantitative estimate of drug-likeness (QED) is 0.318. The predicted octanol–water partition coefficient (Wildman–Crippen LogP) is 6.87. The van der Waals surface area contributed by atoms with Gasteiger partial charge in [0.25, 0.3) is 0 Å². The van der Waals surface area contributed by atoms with E-state index in [1.165, 1.54) is 11.1 Å². The minimum atomic E-state index is -0.227. The lowest BCUT2D eigenvalue weighted by molar-refractivity contribution is -0.135. The summed E-state index contributed by atoms with van der Waals surface area (Å²) in [6.07, 6.45) is 5.44. The second-order valence-corrected chi connectivity index (χ2v) is 9.78. The van der Waals surface area contributed by atoms with Crippen molar-refractivity contribution in [3.8, 4) is 11.5 Å². The molecule has 0 radical (unpaired) electrons. The largest absolute Gasteiger partial charge is 0.427 e. The van der Waals surface area contributed by atoms with E-state index in [1.54, 1.807) is 0 Å². The number of carbonyl (C=O) groups excluding carboxylic acids is 2. The summed E-state index contributed by atoms with van der Waals surface area (Å²) in [5, 5.41) is 0.